The van der Waals surface area contributed by atoms with Crippen molar-refractivity contribution in [3.05, 3.63) is 12.2 Å². The number of nitrogens with two attached hydrogens (primary N) is 1. The van der Waals surface area contributed by atoms with Gasteiger partial charge in [-0.05, 0) is 32.2 Å². The van der Waals surface area contributed by atoms with E-state index >= 15 is 0 Å². The lowest BCUT2D eigenvalue weighted by Gasteiger charge is -2.35. The van der Waals surface area contributed by atoms with Crippen molar-refractivity contribution in [2.75, 3.05) is 6.54 Å². The molecule has 1 aromatic heterocycles. The molecule has 5 nitrogen and oxygen atoms in total. The fourth-order valence-electron chi connectivity index (χ4n) is 2.60. The maximum absolute atomic E-state index is 5.95. The Bertz CT molecular complexity index is 340. The third-order valence-corrected chi connectivity index (χ3v) is 3.81. The minimum atomic E-state index is 0.416. The van der Waals surface area contributed by atoms with Crippen LogP contribution in [-0.2, 0) is 13.6 Å². The van der Waals surface area contributed by atoms with Gasteiger partial charge in [0.05, 0.1) is 6.54 Å². The van der Waals surface area contributed by atoms with E-state index in [1.807, 2.05) is 11.6 Å². The molecule has 2 N–H and O–H groups in total. The summed E-state index contributed by atoms with van der Waals surface area (Å²) in [7, 11) is 2.00. The molecule has 5 heteroatoms. The first kappa shape index (κ1) is 12.5. The Balaban J connectivity index is 1.95. The molecule has 1 fully saturated rings. The number of rotatable bonds is 4. The number of aryl methyl sites for hydroxylation is 1. The number of aromatic nitrogens is 3. The monoisotopic (exact) mass is 237 g/mol. The predicted molar refractivity (Wildman–Crippen MR) is 67.3 cm³/mol. The van der Waals surface area contributed by atoms with Crippen LogP contribution in [-0.4, -0.2) is 38.3 Å². The Morgan fingerprint density at radius 1 is 1.41 bits per heavy atom. The Labute approximate surface area is 103 Å². The average Bonchev–Trinajstić information content (AvgIpc) is 2.73. The van der Waals surface area contributed by atoms with Crippen LogP contribution in [0.3, 0.4) is 0 Å². The smallest absolute Gasteiger partial charge is 0.146 e. The minimum Gasteiger partial charge on any atom is -0.328 e. The van der Waals surface area contributed by atoms with Crippen LogP contribution in [0.4, 0.5) is 0 Å². The van der Waals surface area contributed by atoms with Crippen LogP contribution < -0.4 is 5.73 Å². The van der Waals surface area contributed by atoms with Crippen molar-refractivity contribution >= 4 is 0 Å². The van der Waals surface area contributed by atoms with E-state index in [-0.39, 0.29) is 0 Å². The van der Waals surface area contributed by atoms with Crippen LogP contribution in [0.1, 0.15) is 38.4 Å². The minimum absolute atomic E-state index is 0.416. The number of nitrogens with zero attached hydrogens (tertiary/aromatic N) is 4. The second kappa shape index (κ2) is 5.60. The summed E-state index contributed by atoms with van der Waals surface area (Å²) in [4.78, 5) is 2.50. The van der Waals surface area contributed by atoms with Gasteiger partial charge in [0.25, 0.3) is 0 Å². The SMILES string of the molecule is CCN(Cc1nncn1C)C1CCC(N)CC1. The van der Waals surface area contributed by atoms with E-state index in [1.165, 1.54) is 12.8 Å². The molecule has 0 spiro atoms. The zero-order valence-electron chi connectivity index (χ0n) is 10.8. The van der Waals surface area contributed by atoms with E-state index in [1.54, 1.807) is 6.33 Å². The van der Waals surface area contributed by atoms with Crippen LogP contribution in [0, 0.1) is 0 Å². The van der Waals surface area contributed by atoms with Crippen molar-refractivity contribution in [1.82, 2.24) is 19.7 Å². The van der Waals surface area contributed by atoms with E-state index < -0.39 is 0 Å². The molecule has 1 aliphatic carbocycles. The van der Waals surface area contributed by atoms with Crippen molar-refractivity contribution in [2.24, 2.45) is 12.8 Å². The van der Waals surface area contributed by atoms with E-state index in [2.05, 4.69) is 22.0 Å². The average molecular weight is 237 g/mol. The Hall–Kier alpha value is -0.940. The van der Waals surface area contributed by atoms with Crippen molar-refractivity contribution in [2.45, 2.75) is 51.2 Å². The van der Waals surface area contributed by atoms with Crippen LogP contribution in [0.5, 0.6) is 0 Å². The van der Waals surface area contributed by atoms with Crippen LogP contribution in [0.25, 0.3) is 0 Å². The topological polar surface area (TPSA) is 60.0 Å². The van der Waals surface area contributed by atoms with Crippen molar-refractivity contribution in [3.63, 3.8) is 0 Å². The maximum atomic E-state index is 5.95. The Morgan fingerprint density at radius 2 is 2.12 bits per heavy atom. The van der Waals surface area contributed by atoms with E-state index in [4.69, 9.17) is 5.73 Å². The van der Waals surface area contributed by atoms with Crippen LogP contribution >= 0.6 is 0 Å². The highest BCUT2D eigenvalue weighted by atomic mass is 15.3. The van der Waals surface area contributed by atoms with Gasteiger partial charge in [-0.15, -0.1) is 10.2 Å². The van der Waals surface area contributed by atoms with Gasteiger partial charge in [0.1, 0.15) is 12.2 Å². The molecular weight excluding hydrogens is 214 g/mol. The standard InChI is InChI=1S/C12H23N5/c1-3-17(8-12-15-14-9-16(12)2)11-6-4-10(13)5-7-11/h9-11H,3-8,13H2,1-2H3. The van der Waals surface area contributed by atoms with Gasteiger partial charge >= 0.3 is 0 Å². The van der Waals surface area contributed by atoms with Crippen LogP contribution in [0.2, 0.25) is 0 Å². The van der Waals surface area contributed by atoms with Crippen molar-refractivity contribution in [1.29, 1.82) is 0 Å². The highest BCUT2D eigenvalue weighted by Crippen LogP contribution is 2.22. The second-order valence-corrected chi connectivity index (χ2v) is 4.99. The van der Waals surface area contributed by atoms with Crippen molar-refractivity contribution in [3.8, 4) is 0 Å². The molecule has 0 saturated heterocycles. The number of hydrogen-bond donors (Lipinski definition) is 1. The van der Waals surface area contributed by atoms with Gasteiger partial charge in [-0.3, -0.25) is 4.90 Å². The normalized spacial score (nSPS) is 25.4. The summed E-state index contributed by atoms with van der Waals surface area (Å²) in [6.07, 6.45) is 6.50. The third-order valence-electron chi connectivity index (χ3n) is 3.81. The fourth-order valence-corrected chi connectivity index (χ4v) is 2.60. The molecular formula is C12H23N5. The number of hydrogen-bond acceptors (Lipinski definition) is 4. The molecule has 0 bridgehead atoms. The highest BCUT2D eigenvalue weighted by molar-refractivity contribution is 4.88. The maximum Gasteiger partial charge on any atom is 0.146 e. The van der Waals surface area contributed by atoms with Gasteiger partial charge in [-0.25, -0.2) is 0 Å². The first-order valence-corrected chi connectivity index (χ1v) is 6.53. The van der Waals surface area contributed by atoms with Crippen LogP contribution in [0.15, 0.2) is 6.33 Å². The first-order valence-electron chi connectivity index (χ1n) is 6.53. The second-order valence-electron chi connectivity index (χ2n) is 4.99. The summed E-state index contributed by atoms with van der Waals surface area (Å²) in [5.41, 5.74) is 5.95. The summed E-state index contributed by atoms with van der Waals surface area (Å²) in [6, 6.07) is 1.08. The van der Waals surface area contributed by atoms with E-state index in [9.17, 15) is 0 Å². The third kappa shape index (κ3) is 3.04. The summed E-state index contributed by atoms with van der Waals surface area (Å²) in [5, 5.41) is 8.09. The first-order chi connectivity index (χ1) is 8.20. The molecule has 1 heterocycles. The molecule has 0 atom stereocenters. The molecule has 1 aliphatic rings. The molecule has 17 heavy (non-hydrogen) atoms. The molecule has 0 unspecified atom stereocenters. The van der Waals surface area contributed by atoms with Crippen molar-refractivity contribution < 1.29 is 0 Å². The summed E-state index contributed by atoms with van der Waals surface area (Å²) in [5.74, 6) is 1.04. The molecule has 2 rings (SSSR count). The largest absolute Gasteiger partial charge is 0.328 e. The molecule has 96 valence electrons. The summed E-state index contributed by atoms with van der Waals surface area (Å²) in [6.45, 7) is 4.17. The zero-order valence-corrected chi connectivity index (χ0v) is 10.8. The predicted octanol–water partition coefficient (Wildman–Crippen LogP) is 0.907. The highest BCUT2D eigenvalue weighted by Gasteiger charge is 2.24. The molecule has 0 amide bonds. The zero-order chi connectivity index (χ0) is 12.3. The molecule has 0 aliphatic heterocycles. The lowest BCUT2D eigenvalue weighted by atomic mass is 9.91. The van der Waals surface area contributed by atoms with Gasteiger partial charge in [0.2, 0.25) is 0 Å². The molecule has 0 aromatic carbocycles. The lowest BCUT2D eigenvalue weighted by Crippen LogP contribution is -2.40. The summed E-state index contributed by atoms with van der Waals surface area (Å²) >= 11 is 0. The van der Waals surface area contributed by atoms with Gasteiger partial charge in [0.15, 0.2) is 0 Å². The van der Waals surface area contributed by atoms with Gasteiger partial charge in [0, 0.05) is 19.1 Å². The van der Waals surface area contributed by atoms with E-state index in [0.29, 0.717) is 12.1 Å². The Morgan fingerprint density at radius 3 is 2.65 bits per heavy atom. The molecule has 0 radical (unpaired) electrons. The molecule has 1 aromatic rings. The quantitative estimate of drug-likeness (QED) is 0.845. The van der Waals surface area contributed by atoms with Gasteiger partial charge < -0.3 is 10.3 Å². The Kier molecular flexibility index (Phi) is 4.12. The molecule has 1 saturated carbocycles. The fraction of sp³-hybridized carbons (Fsp3) is 0.833. The van der Waals surface area contributed by atoms with E-state index in [0.717, 1.165) is 31.8 Å². The van der Waals surface area contributed by atoms with Gasteiger partial charge in [-0.2, -0.15) is 0 Å². The van der Waals surface area contributed by atoms with Gasteiger partial charge in [-0.1, -0.05) is 6.92 Å². The lowest BCUT2D eigenvalue weighted by molar-refractivity contribution is 0.144. The summed E-state index contributed by atoms with van der Waals surface area (Å²) < 4.78 is 2.00.